The predicted octanol–water partition coefficient (Wildman–Crippen LogP) is 1.02. The first-order chi connectivity index (χ1) is 7.63. The van der Waals surface area contributed by atoms with Crippen LogP contribution in [-0.4, -0.2) is 41.9 Å². The molecule has 0 aromatic carbocycles. The normalized spacial score (nSPS) is 11.3. The summed E-state index contributed by atoms with van der Waals surface area (Å²) in [6.07, 6.45) is 2.19. The Morgan fingerprint density at radius 2 is 2.19 bits per heavy atom. The van der Waals surface area contributed by atoms with Gasteiger partial charge in [-0.1, -0.05) is 6.92 Å². The molecule has 0 aliphatic rings. The molecule has 0 atom stereocenters. The SMILES string of the molecule is CCc1cc(CNCCCN(C)C)n(C)n1. The lowest BCUT2D eigenvalue weighted by molar-refractivity contribution is 0.393. The van der Waals surface area contributed by atoms with Crippen molar-refractivity contribution >= 4 is 0 Å². The van der Waals surface area contributed by atoms with Crippen molar-refractivity contribution in [1.29, 1.82) is 0 Å². The van der Waals surface area contributed by atoms with E-state index in [0.29, 0.717) is 0 Å². The van der Waals surface area contributed by atoms with Crippen molar-refractivity contribution in [3.8, 4) is 0 Å². The average Bonchev–Trinajstić information content (AvgIpc) is 2.59. The first kappa shape index (κ1) is 13.2. The minimum atomic E-state index is 0.914. The van der Waals surface area contributed by atoms with Gasteiger partial charge in [-0.2, -0.15) is 5.10 Å². The maximum atomic E-state index is 4.42. The van der Waals surface area contributed by atoms with E-state index in [4.69, 9.17) is 0 Å². The smallest absolute Gasteiger partial charge is 0.0625 e. The molecule has 1 heterocycles. The van der Waals surface area contributed by atoms with Crippen LogP contribution < -0.4 is 5.32 Å². The van der Waals surface area contributed by atoms with E-state index >= 15 is 0 Å². The van der Waals surface area contributed by atoms with Crippen LogP contribution in [0.15, 0.2) is 6.07 Å². The van der Waals surface area contributed by atoms with E-state index in [9.17, 15) is 0 Å². The molecule has 0 amide bonds. The molecule has 0 radical (unpaired) electrons. The van der Waals surface area contributed by atoms with Crippen LogP contribution in [0.3, 0.4) is 0 Å². The van der Waals surface area contributed by atoms with Gasteiger partial charge in [0.25, 0.3) is 0 Å². The number of hydrogen-bond acceptors (Lipinski definition) is 3. The largest absolute Gasteiger partial charge is 0.311 e. The molecule has 0 fully saturated rings. The van der Waals surface area contributed by atoms with Crippen LogP contribution in [-0.2, 0) is 20.0 Å². The summed E-state index contributed by atoms with van der Waals surface area (Å²) >= 11 is 0. The zero-order valence-corrected chi connectivity index (χ0v) is 11.0. The molecule has 1 aromatic rings. The monoisotopic (exact) mass is 224 g/mol. The van der Waals surface area contributed by atoms with Gasteiger partial charge in [0.05, 0.1) is 11.4 Å². The summed E-state index contributed by atoms with van der Waals surface area (Å²) < 4.78 is 1.97. The average molecular weight is 224 g/mol. The third kappa shape index (κ3) is 4.33. The van der Waals surface area contributed by atoms with Crippen molar-refractivity contribution in [2.75, 3.05) is 27.2 Å². The number of hydrogen-bond donors (Lipinski definition) is 1. The molecule has 0 saturated heterocycles. The number of aryl methyl sites for hydroxylation is 2. The standard InChI is InChI=1S/C12H24N4/c1-5-11-9-12(16(4)14-11)10-13-7-6-8-15(2)3/h9,13H,5-8,10H2,1-4H3. The summed E-state index contributed by atoms with van der Waals surface area (Å²) in [5, 5.41) is 7.87. The molecule has 0 unspecified atom stereocenters. The van der Waals surface area contributed by atoms with E-state index in [-0.39, 0.29) is 0 Å². The van der Waals surface area contributed by atoms with Crippen molar-refractivity contribution in [2.45, 2.75) is 26.3 Å². The Morgan fingerprint density at radius 3 is 2.75 bits per heavy atom. The molecule has 4 nitrogen and oxygen atoms in total. The van der Waals surface area contributed by atoms with Gasteiger partial charge in [0.15, 0.2) is 0 Å². The van der Waals surface area contributed by atoms with Gasteiger partial charge in [-0.15, -0.1) is 0 Å². The van der Waals surface area contributed by atoms with Gasteiger partial charge >= 0.3 is 0 Å². The maximum Gasteiger partial charge on any atom is 0.0625 e. The van der Waals surface area contributed by atoms with Crippen molar-refractivity contribution in [3.05, 3.63) is 17.5 Å². The van der Waals surface area contributed by atoms with Gasteiger partial charge in [0, 0.05) is 13.6 Å². The second kappa shape index (κ2) is 6.66. The Morgan fingerprint density at radius 1 is 1.44 bits per heavy atom. The first-order valence-electron chi connectivity index (χ1n) is 6.00. The van der Waals surface area contributed by atoms with E-state index in [1.165, 1.54) is 17.8 Å². The Kier molecular flexibility index (Phi) is 5.49. The number of nitrogens with zero attached hydrogens (tertiary/aromatic N) is 3. The third-order valence-electron chi connectivity index (χ3n) is 2.65. The molecule has 4 heteroatoms. The molecule has 0 aliphatic heterocycles. The Bertz CT molecular complexity index is 304. The highest BCUT2D eigenvalue weighted by Gasteiger charge is 2.02. The van der Waals surface area contributed by atoms with Gasteiger partial charge in [0.2, 0.25) is 0 Å². The van der Waals surface area contributed by atoms with Gasteiger partial charge in [-0.3, -0.25) is 4.68 Å². The summed E-state index contributed by atoms with van der Waals surface area (Å²) in [7, 11) is 6.22. The summed E-state index contributed by atoms with van der Waals surface area (Å²) in [4.78, 5) is 2.21. The van der Waals surface area contributed by atoms with Crippen LogP contribution in [0.4, 0.5) is 0 Å². The summed E-state index contributed by atoms with van der Waals surface area (Å²) in [5.74, 6) is 0. The Balaban J connectivity index is 2.23. The summed E-state index contributed by atoms with van der Waals surface area (Å²) in [6.45, 7) is 5.25. The van der Waals surface area contributed by atoms with E-state index in [0.717, 1.165) is 26.1 Å². The summed E-state index contributed by atoms with van der Waals surface area (Å²) in [5.41, 5.74) is 2.44. The highest BCUT2D eigenvalue weighted by atomic mass is 15.3. The fourth-order valence-corrected chi connectivity index (χ4v) is 1.65. The fraction of sp³-hybridized carbons (Fsp3) is 0.750. The molecule has 0 bridgehead atoms. The van der Waals surface area contributed by atoms with E-state index in [1.54, 1.807) is 0 Å². The Hall–Kier alpha value is -0.870. The lowest BCUT2D eigenvalue weighted by Crippen LogP contribution is -2.21. The zero-order chi connectivity index (χ0) is 12.0. The lowest BCUT2D eigenvalue weighted by atomic mass is 10.3. The van der Waals surface area contributed by atoms with Crippen molar-refractivity contribution in [1.82, 2.24) is 20.0 Å². The van der Waals surface area contributed by atoms with Crippen LogP contribution >= 0.6 is 0 Å². The maximum absolute atomic E-state index is 4.42. The van der Waals surface area contributed by atoms with Crippen molar-refractivity contribution < 1.29 is 0 Å². The van der Waals surface area contributed by atoms with Crippen LogP contribution in [0, 0.1) is 0 Å². The minimum Gasteiger partial charge on any atom is -0.311 e. The second-order valence-electron chi connectivity index (χ2n) is 4.44. The van der Waals surface area contributed by atoms with Crippen LogP contribution in [0.25, 0.3) is 0 Å². The van der Waals surface area contributed by atoms with Gasteiger partial charge in [0.1, 0.15) is 0 Å². The van der Waals surface area contributed by atoms with Crippen LogP contribution in [0.1, 0.15) is 24.7 Å². The lowest BCUT2D eigenvalue weighted by Gasteiger charge is -2.09. The van der Waals surface area contributed by atoms with Crippen molar-refractivity contribution in [3.63, 3.8) is 0 Å². The van der Waals surface area contributed by atoms with Gasteiger partial charge < -0.3 is 10.2 Å². The highest BCUT2D eigenvalue weighted by molar-refractivity contribution is 5.09. The zero-order valence-electron chi connectivity index (χ0n) is 11.0. The fourth-order valence-electron chi connectivity index (χ4n) is 1.65. The number of rotatable bonds is 7. The molecule has 1 aromatic heterocycles. The molecule has 0 spiro atoms. The number of aromatic nitrogens is 2. The number of nitrogens with one attached hydrogen (secondary N) is 1. The van der Waals surface area contributed by atoms with E-state index < -0.39 is 0 Å². The van der Waals surface area contributed by atoms with E-state index in [1.807, 2.05) is 11.7 Å². The second-order valence-corrected chi connectivity index (χ2v) is 4.44. The molecular formula is C12H24N4. The predicted molar refractivity (Wildman–Crippen MR) is 67.5 cm³/mol. The molecule has 0 saturated carbocycles. The highest BCUT2D eigenvalue weighted by Crippen LogP contribution is 2.03. The third-order valence-corrected chi connectivity index (χ3v) is 2.65. The molecule has 92 valence electrons. The minimum absolute atomic E-state index is 0.914. The molecule has 1 N–H and O–H groups in total. The molecular weight excluding hydrogens is 200 g/mol. The van der Waals surface area contributed by atoms with Crippen LogP contribution in [0.5, 0.6) is 0 Å². The van der Waals surface area contributed by atoms with Gasteiger partial charge in [-0.25, -0.2) is 0 Å². The Labute approximate surface area is 98.6 Å². The van der Waals surface area contributed by atoms with Gasteiger partial charge in [-0.05, 0) is 46.1 Å². The quantitative estimate of drug-likeness (QED) is 0.702. The first-order valence-corrected chi connectivity index (χ1v) is 6.00. The molecule has 16 heavy (non-hydrogen) atoms. The topological polar surface area (TPSA) is 33.1 Å². The van der Waals surface area contributed by atoms with Crippen LogP contribution in [0.2, 0.25) is 0 Å². The van der Waals surface area contributed by atoms with E-state index in [2.05, 4.69) is 42.4 Å². The molecule has 0 aliphatic carbocycles. The van der Waals surface area contributed by atoms with Crippen molar-refractivity contribution in [2.24, 2.45) is 7.05 Å². The summed E-state index contributed by atoms with van der Waals surface area (Å²) in [6, 6.07) is 2.18. The molecule has 1 rings (SSSR count).